The van der Waals surface area contributed by atoms with Gasteiger partial charge in [0.05, 0.1) is 11.5 Å². The minimum absolute atomic E-state index is 0.00813. The number of sulfone groups is 1. The molecule has 1 aromatic heterocycles. The molecule has 12 heteroatoms. The summed E-state index contributed by atoms with van der Waals surface area (Å²) in [5.41, 5.74) is -1.13. The summed E-state index contributed by atoms with van der Waals surface area (Å²) in [6.07, 6.45) is -1.83. The van der Waals surface area contributed by atoms with Crippen LogP contribution in [0.25, 0.3) is 0 Å². The minimum Gasteiger partial charge on any atom is -0.454 e. The lowest BCUT2D eigenvalue weighted by Gasteiger charge is -2.28. The number of amides is 1. The number of carbonyl (C=O) groups is 2. The second-order valence-electron chi connectivity index (χ2n) is 6.55. The van der Waals surface area contributed by atoms with Crippen LogP contribution in [-0.2, 0) is 36.9 Å². The number of aromatic nitrogens is 2. The molecule has 1 aliphatic rings. The minimum atomic E-state index is -4.62. The Balaban J connectivity index is 1.90. The maximum absolute atomic E-state index is 12.5. The van der Waals surface area contributed by atoms with Gasteiger partial charge in [-0.25, -0.2) is 8.42 Å². The molecule has 1 unspecified atom stereocenters. The number of esters is 1. The van der Waals surface area contributed by atoms with E-state index in [0.29, 0.717) is 19.4 Å². The van der Waals surface area contributed by atoms with Crippen LogP contribution in [-0.4, -0.2) is 65.7 Å². The molecule has 0 aliphatic carbocycles. The van der Waals surface area contributed by atoms with Gasteiger partial charge in [0.25, 0.3) is 5.91 Å². The first-order valence-electron chi connectivity index (χ1n) is 8.78. The van der Waals surface area contributed by atoms with E-state index in [4.69, 9.17) is 4.74 Å². The van der Waals surface area contributed by atoms with E-state index in [-0.39, 0.29) is 11.5 Å². The van der Waals surface area contributed by atoms with Crippen LogP contribution in [0.5, 0.6) is 0 Å². The number of carbonyl (C=O) groups excluding carboxylic acids is 2. The third kappa shape index (κ3) is 6.21. The number of hydrogen-bond acceptors (Lipinski definition) is 6. The van der Waals surface area contributed by atoms with Gasteiger partial charge in [-0.05, 0) is 18.9 Å². The molecule has 0 N–H and O–H groups in total. The molecule has 1 fully saturated rings. The summed E-state index contributed by atoms with van der Waals surface area (Å²) in [4.78, 5) is 25.6. The predicted molar refractivity (Wildman–Crippen MR) is 91.9 cm³/mol. The summed E-state index contributed by atoms with van der Waals surface area (Å²) in [7, 11) is -3.19. The van der Waals surface area contributed by atoms with Crippen molar-refractivity contribution in [1.82, 2.24) is 14.7 Å². The zero-order chi connectivity index (χ0) is 20.9. The monoisotopic (exact) mass is 425 g/mol. The van der Waals surface area contributed by atoms with Crippen LogP contribution in [0.3, 0.4) is 0 Å². The van der Waals surface area contributed by atoms with Crippen molar-refractivity contribution in [3.63, 3.8) is 0 Å². The molecule has 2 rings (SSSR count). The van der Waals surface area contributed by atoms with Crippen molar-refractivity contribution in [2.24, 2.45) is 0 Å². The zero-order valence-electron chi connectivity index (χ0n) is 15.3. The smallest absolute Gasteiger partial charge is 0.435 e. The Morgan fingerprint density at radius 2 is 2.11 bits per heavy atom. The molecule has 2 heterocycles. The molecular formula is C16H22F3N3O5S. The highest BCUT2D eigenvalue weighted by Gasteiger charge is 2.35. The van der Waals surface area contributed by atoms with Gasteiger partial charge in [0.2, 0.25) is 0 Å². The molecule has 8 nitrogen and oxygen atoms in total. The van der Waals surface area contributed by atoms with Gasteiger partial charge in [0.1, 0.15) is 6.54 Å². The standard InChI is InChI=1S/C16H22F3N3O5S/c1-2-3-6-22(12-5-8-28(25,26)11-12)14(23)10-27-15(24)9-21-7-4-13(20-21)16(17,18)19/h4,7,12H,2-3,5-6,8-11H2,1H3. The van der Waals surface area contributed by atoms with Crippen molar-refractivity contribution >= 4 is 21.7 Å². The normalized spacial score (nSPS) is 18.8. The van der Waals surface area contributed by atoms with Crippen molar-refractivity contribution in [1.29, 1.82) is 0 Å². The molecule has 28 heavy (non-hydrogen) atoms. The summed E-state index contributed by atoms with van der Waals surface area (Å²) in [6, 6.07) is 0.272. The highest BCUT2D eigenvalue weighted by molar-refractivity contribution is 7.91. The van der Waals surface area contributed by atoms with Gasteiger partial charge in [-0.1, -0.05) is 13.3 Å². The fourth-order valence-electron chi connectivity index (χ4n) is 2.86. The molecule has 1 aliphatic heterocycles. The zero-order valence-corrected chi connectivity index (χ0v) is 16.1. The highest BCUT2D eigenvalue weighted by atomic mass is 32.2. The third-order valence-corrected chi connectivity index (χ3v) is 6.05. The van der Waals surface area contributed by atoms with E-state index in [1.807, 2.05) is 6.92 Å². The molecular weight excluding hydrogens is 403 g/mol. The van der Waals surface area contributed by atoms with E-state index >= 15 is 0 Å². The summed E-state index contributed by atoms with van der Waals surface area (Å²) in [6.45, 7) is 1.09. The molecule has 1 atom stereocenters. The Labute approximate surface area is 160 Å². The Bertz CT molecular complexity index is 807. The molecule has 1 amide bonds. The topological polar surface area (TPSA) is 98.6 Å². The van der Waals surface area contributed by atoms with Crippen molar-refractivity contribution in [3.8, 4) is 0 Å². The van der Waals surface area contributed by atoms with Crippen molar-refractivity contribution in [3.05, 3.63) is 18.0 Å². The first kappa shape index (κ1) is 22.2. The molecule has 0 radical (unpaired) electrons. The first-order valence-corrected chi connectivity index (χ1v) is 10.6. The Kier molecular flexibility index (Phi) is 7.07. The number of ether oxygens (including phenoxy) is 1. The molecule has 1 saturated heterocycles. The summed E-state index contributed by atoms with van der Waals surface area (Å²) < 4.78 is 66.5. The van der Waals surface area contributed by atoms with Gasteiger partial charge < -0.3 is 9.64 Å². The number of hydrogen-bond donors (Lipinski definition) is 0. The third-order valence-electron chi connectivity index (χ3n) is 4.30. The van der Waals surface area contributed by atoms with Crippen LogP contribution in [0.15, 0.2) is 12.3 Å². The second-order valence-corrected chi connectivity index (χ2v) is 8.78. The van der Waals surface area contributed by atoms with Gasteiger partial charge >= 0.3 is 12.1 Å². The average Bonchev–Trinajstić information content (AvgIpc) is 3.19. The first-order chi connectivity index (χ1) is 13.0. The quantitative estimate of drug-likeness (QED) is 0.582. The Hall–Kier alpha value is -2.11. The SMILES string of the molecule is CCCCN(C(=O)COC(=O)Cn1ccc(C(F)(F)F)n1)C1CCS(=O)(=O)C1. The molecule has 0 bridgehead atoms. The van der Waals surface area contributed by atoms with Crippen LogP contribution >= 0.6 is 0 Å². The van der Waals surface area contributed by atoms with Crippen molar-refractivity contribution in [2.45, 2.75) is 44.9 Å². The maximum atomic E-state index is 12.5. The second kappa shape index (κ2) is 8.93. The number of nitrogens with zero attached hydrogens (tertiary/aromatic N) is 3. The summed E-state index contributed by atoms with van der Waals surface area (Å²) in [5.74, 6) is -1.56. The lowest BCUT2D eigenvalue weighted by Crippen LogP contribution is -2.44. The van der Waals surface area contributed by atoms with Crippen LogP contribution in [0.1, 0.15) is 31.9 Å². The largest absolute Gasteiger partial charge is 0.454 e. The number of alkyl halides is 3. The van der Waals surface area contributed by atoms with E-state index in [2.05, 4.69) is 5.10 Å². The molecule has 0 aromatic carbocycles. The number of rotatable bonds is 8. The van der Waals surface area contributed by atoms with Crippen molar-refractivity contribution < 1.29 is 35.9 Å². The van der Waals surface area contributed by atoms with Gasteiger partial charge in [-0.15, -0.1) is 0 Å². The summed E-state index contributed by atoms with van der Waals surface area (Å²) >= 11 is 0. The highest BCUT2D eigenvalue weighted by Crippen LogP contribution is 2.27. The lowest BCUT2D eigenvalue weighted by molar-refractivity contribution is -0.153. The van der Waals surface area contributed by atoms with E-state index in [1.54, 1.807) is 0 Å². The van der Waals surface area contributed by atoms with Crippen LogP contribution in [0.2, 0.25) is 0 Å². The van der Waals surface area contributed by atoms with Crippen LogP contribution < -0.4 is 0 Å². The molecule has 1 aromatic rings. The number of unbranched alkanes of at least 4 members (excludes halogenated alkanes) is 1. The molecule has 158 valence electrons. The molecule has 0 saturated carbocycles. The Morgan fingerprint density at radius 1 is 1.39 bits per heavy atom. The Morgan fingerprint density at radius 3 is 2.64 bits per heavy atom. The van der Waals surface area contributed by atoms with E-state index in [0.717, 1.165) is 23.4 Å². The van der Waals surface area contributed by atoms with E-state index in [1.165, 1.54) is 4.90 Å². The van der Waals surface area contributed by atoms with Gasteiger partial charge in [0.15, 0.2) is 22.1 Å². The fourth-order valence-corrected chi connectivity index (χ4v) is 4.60. The van der Waals surface area contributed by atoms with Gasteiger partial charge in [-0.3, -0.25) is 14.3 Å². The fraction of sp³-hybridized carbons (Fsp3) is 0.688. The maximum Gasteiger partial charge on any atom is 0.435 e. The van der Waals surface area contributed by atoms with Gasteiger partial charge in [0, 0.05) is 18.8 Å². The summed E-state index contributed by atoms with van der Waals surface area (Å²) in [5, 5.41) is 3.23. The van der Waals surface area contributed by atoms with E-state index in [9.17, 15) is 31.2 Å². The van der Waals surface area contributed by atoms with Crippen LogP contribution in [0.4, 0.5) is 13.2 Å². The molecule has 0 spiro atoms. The lowest BCUT2D eigenvalue weighted by atomic mass is 10.2. The van der Waals surface area contributed by atoms with Crippen molar-refractivity contribution in [2.75, 3.05) is 24.7 Å². The predicted octanol–water partition coefficient (Wildman–Crippen LogP) is 1.26. The van der Waals surface area contributed by atoms with E-state index < -0.39 is 52.8 Å². The average molecular weight is 425 g/mol. The van der Waals surface area contributed by atoms with Gasteiger partial charge in [-0.2, -0.15) is 18.3 Å². The van der Waals surface area contributed by atoms with Crippen LogP contribution in [0, 0.1) is 0 Å². The number of halogens is 3.